The van der Waals surface area contributed by atoms with Gasteiger partial charge < -0.3 is 25.3 Å². The molecular formula is C21H30N6O. The summed E-state index contributed by atoms with van der Waals surface area (Å²) in [6, 6.07) is 3.49. The Morgan fingerprint density at radius 1 is 1.14 bits per heavy atom. The number of likely N-dealkylation sites (tertiary alicyclic amines) is 1. The molecule has 1 atom stereocenters. The number of rotatable bonds is 3. The number of aromatic nitrogens is 4. The maximum atomic E-state index is 10.4. The smallest absolute Gasteiger partial charge is 0.139 e. The Morgan fingerprint density at radius 3 is 2.57 bits per heavy atom. The van der Waals surface area contributed by atoms with Gasteiger partial charge in [0.2, 0.25) is 0 Å². The molecule has 0 unspecified atom stereocenters. The van der Waals surface area contributed by atoms with Crippen molar-refractivity contribution in [3.05, 3.63) is 24.3 Å². The van der Waals surface area contributed by atoms with Gasteiger partial charge in [-0.15, -0.1) is 0 Å². The van der Waals surface area contributed by atoms with Crippen molar-refractivity contribution in [3.8, 4) is 0 Å². The molecule has 0 radical (unpaired) electrons. The summed E-state index contributed by atoms with van der Waals surface area (Å²) in [4.78, 5) is 15.1. The maximum Gasteiger partial charge on any atom is 0.139 e. The number of nitrogens with two attached hydrogens (primary N) is 1. The number of nitrogens with zero attached hydrogens (tertiary/aromatic N) is 4. The summed E-state index contributed by atoms with van der Waals surface area (Å²) >= 11 is 0. The number of piperidine rings is 1. The molecule has 2 aliphatic rings. The zero-order chi connectivity index (χ0) is 19.3. The number of aromatic amines is 1. The lowest BCUT2D eigenvalue weighted by atomic mass is 9.88. The normalized spacial score (nSPS) is 26.2. The van der Waals surface area contributed by atoms with E-state index in [9.17, 15) is 5.11 Å². The molecule has 0 bridgehead atoms. The van der Waals surface area contributed by atoms with Gasteiger partial charge in [0.15, 0.2) is 0 Å². The number of aliphatic hydroxyl groups excluding tert-OH is 1. The number of hydrogen-bond donors (Lipinski definition) is 3. The Morgan fingerprint density at radius 2 is 1.86 bits per heavy atom. The summed E-state index contributed by atoms with van der Waals surface area (Å²) in [6.45, 7) is 4.08. The van der Waals surface area contributed by atoms with E-state index in [-0.39, 0.29) is 0 Å². The van der Waals surface area contributed by atoms with E-state index in [4.69, 9.17) is 10.7 Å². The molecular weight excluding hydrogens is 352 g/mol. The van der Waals surface area contributed by atoms with Crippen LogP contribution in [0.5, 0.6) is 0 Å². The molecule has 0 aromatic carbocycles. The molecule has 28 heavy (non-hydrogen) atoms. The molecule has 4 N–H and O–H groups in total. The van der Waals surface area contributed by atoms with E-state index in [1.807, 2.05) is 19.3 Å². The van der Waals surface area contributed by atoms with Crippen LogP contribution in [0.3, 0.4) is 0 Å². The average molecular weight is 383 g/mol. The van der Waals surface area contributed by atoms with Gasteiger partial charge in [0.05, 0.1) is 11.7 Å². The molecule has 0 amide bonds. The van der Waals surface area contributed by atoms with Crippen LogP contribution in [0.2, 0.25) is 0 Å². The van der Waals surface area contributed by atoms with Crippen molar-refractivity contribution in [2.75, 3.05) is 13.1 Å². The minimum absolute atomic E-state index is 0.374. The van der Waals surface area contributed by atoms with Gasteiger partial charge in [-0.05, 0) is 64.6 Å². The molecule has 2 fully saturated rings. The van der Waals surface area contributed by atoms with Gasteiger partial charge in [-0.3, -0.25) is 0 Å². The zero-order valence-corrected chi connectivity index (χ0v) is 16.5. The molecule has 7 nitrogen and oxygen atoms in total. The molecule has 150 valence electrons. The lowest BCUT2D eigenvalue weighted by Crippen LogP contribution is -2.46. The van der Waals surface area contributed by atoms with Crippen LogP contribution in [-0.4, -0.2) is 54.7 Å². The van der Waals surface area contributed by atoms with Crippen LogP contribution in [0, 0.1) is 0 Å². The second-order valence-electron chi connectivity index (χ2n) is 8.58. The minimum Gasteiger partial charge on any atom is -0.385 e. The molecule has 7 heteroatoms. The van der Waals surface area contributed by atoms with E-state index in [2.05, 4.69) is 25.5 Å². The van der Waals surface area contributed by atoms with Gasteiger partial charge >= 0.3 is 0 Å². The molecule has 3 aromatic rings. The van der Waals surface area contributed by atoms with Crippen LogP contribution >= 0.6 is 0 Å². The van der Waals surface area contributed by atoms with Crippen molar-refractivity contribution in [2.24, 2.45) is 5.73 Å². The lowest BCUT2D eigenvalue weighted by Gasteiger charge is -2.40. The Bertz CT molecular complexity index is 960. The van der Waals surface area contributed by atoms with Gasteiger partial charge in [-0.1, -0.05) is 0 Å². The Labute approximate surface area is 164 Å². The molecule has 3 aromatic heterocycles. The van der Waals surface area contributed by atoms with E-state index in [0.29, 0.717) is 18.1 Å². The predicted octanol–water partition coefficient (Wildman–Crippen LogP) is 2.87. The fraction of sp³-hybridized carbons (Fsp3) is 0.619. The lowest BCUT2D eigenvalue weighted by molar-refractivity contribution is 0.107. The highest BCUT2D eigenvalue weighted by Crippen LogP contribution is 2.38. The second-order valence-corrected chi connectivity index (χ2v) is 8.58. The number of imidazole rings is 1. The number of pyridine rings is 1. The summed E-state index contributed by atoms with van der Waals surface area (Å²) in [5.74, 6) is 0.762. The molecule has 1 aliphatic heterocycles. The highest BCUT2D eigenvalue weighted by Gasteiger charge is 2.31. The van der Waals surface area contributed by atoms with E-state index >= 15 is 0 Å². The third-order valence-corrected chi connectivity index (χ3v) is 6.76. The highest BCUT2D eigenvalue weighted by molar-refractivity contribution is 6.01. The summed E-state index contributed by atoms with van der Waals surface area (Å²) < 4.78 is 2.31. The first-order valence-corrected chi connectivity index (χ1v) is 10.6. The Hall–Kier alpha value is -1.96. The number of fused-ring (bicyclic) bond motifs is 3. The third-order valence-electron chi connectivity index (χ3n) is 6.76. The van der Waals surface area contributed by atoms with Crippen LogP contribution in [-0.2, 0) is 0 Å². The van der Waals surface area contributed by atoms with Crippen LogP contribution in [0.25, 0.3) is 22.1 Å². The largest absolute Gasteiger partial charge is 0.385 e. The van der Waals surface area contributed by atoms with E-state index in [0.717, 1.165) is 66.7 Å². The van der Waals surface area contributed by atoms with Crippen LogP contribution < -0.4 is 5.73 Å². The predicted molar refractivity (Wildman–Crippen MR) is 110 cm³/mol. The molecule has 1 saturated carbocycles. The zero-order valence-electron chi connectivity index (χ0n) is 16.5. The third kappa shape index (κ3) is 3.02. The van der Waals surface area contributed by atoms with E-state index in [1.54, 1.807) is 0 Å². The SMILES string of the molecule is C[C@@H](O)c1nc2cnc3[nH]ccc3c2n1C1CCC(N2CCC(N)CC2)CC1. The minimum atomic E-state index is -0.595. The summed E-state index contributed by atoms with van der Waals surface area (Å²) in [5.41, 5.74) is 8.93. The Balaban J connectivity index is 1.45. The summed E-state index contributed by atoms with van der Waals surface area (Å²) in [6.07, 6.45) is 10.0. The monoisotopic (exact) mass is 382 g/mol. The molecule has 1 saturated heterocycles. The number of nitrogens with one attached hydrogen (secondary N) is 1. The van der Waals surface area contributed by atoms with Gasteiger partial charge in [0.25, 0.3) is 0 Å². The van der Waals surface area contributed by atoms with Crippen molar-refractivity contribution in [2.45, 2.75) is 69.7 Å². The molecule has 1 aliphatic carbocycles. The van der Waals surface area contributed by atoms with Crippen LogP contribution in [0.4, 0.5) is 0 Å². The van der Waals surface area contributed by atoms with E-state index < -0.39 is 6.10 Å². The van der Waals surface area contributed by atoms with Crippen molar-refractivity contribution < 1.29 is 5.11 Å². The quantitative estimate of drug-likeness (QED) is 0.647. The Kier molecular flexibility index (Phi) is 4.61. The topological polar surface area (TPSA) is 96.0 Å². The first-order chi connectivity index (χ1) is 13.6. The molecule has 5 rings (SSSR count). The van der Waals surface area contributed by atoms with Crippen LogP contribution in [0.15, 0.2) is 18.5 Å². The summed E-state index contributed by atoms with van der Waals surface area (Å²) in [5, 5.41) is 11.5. The average Bonchev–Trinajstić information content (AvgIpc) is 3.33. The van der Waals surface area contributed by atoms with Gasteiger partial charge in [0.1, 0.15) is 23.1 Å². The van der Waals surface area contributed by atoms with E-state index in [1.165, 1.54) is 12.8 Å². The molecule has 0 spiro atoms. The number of H-pyrrole nitrogens is 1. The first kappa shape index (κ1) is 18.1. The summed E-state index contributed by atoms with van der Waals surface area (Å²) in [7, 11) is 0. The fourth-order valence-corrected chi connectivity index (χ4v) is 5.24. The first-order valence-electron chi connectivity index (χ1n) is 10.6. The molecule has 4 heterocycles. The van der Waals surface area contributed by atoms with Gasteiger partial charge in [-0.2, -0.15) is 0 Å². The van der Waals surface area contributed by atoms with Crippen LogP contribution in [0.1, 0.15) is 63.4 Å². The second kappa shape index (κ2) is 7.13. The van der Waals surface area contributed by atoms with Crippen molar-refractivity contribution in [1.82, 2.24) is 24.4 Å². The van der Waals surface area contributed by atoms with Crippen molar-refractivity contribution in [3.63, 3.8) is 0 Å². The van der Waals surface area contributed by atoms with Crippen molar-refractivity contribution in [1.29, 1.82) is 0 Å². The highest BCUT2D eigenvalue weighted by atomic mass is 16.3. The van der Waals surface area contributed by atoms with Crippen molar-refractivity contribution >= 4 is 22.1 Å². The number of aliphatic hydroxyl groups is 1. The number of hydrogen-bond acceptors (Lipinski definition) is 5. The van der Waals surface area contributed by atoms with Gasteiger partial charge in [0, 0.05) is 29.7 Å². The standard InChI is InChI=1S/C21H30N6O/c1-13(28)21-25-18-12-24-20-17(6-9-23-20)19(18)27(21)16-4-2-15(3-5-16)26-10-7-14(22)8-11-26/h6,9,12-16,28H,2-5,7-8,10-11,22H2,1H3,(H,23,24)/t13-,15?,16?/m1/s1. The van der Waals surface area contributed by atoms with Gasteiger partial charge in [-0.25, -0.2) is 9.97 Å². The maximum absolute atomic E-state index is 10.4. The fourth-order valence-electron chi connectivity index (χ4n) is 5.24.